The molecule has 1 heterocycles. The van der Waals surface area contributed by atoms with Crippen molar-refractivity contribution in [1.82, 2.24) is 0 Å². The van der Waals surface area contributed by atoms with Gasteiger partial charge in [0.25, 0.3) is 0 Å². The minimum atomic E-state index is 0.794. The van der Waals surface area contributed by atoms with E-state index in [9.17, 15) is 0 Å². The molecule has 1 nitrogen and oxygen atoms in total. The molecule has 0 fully saturated rings. The van der Waals surface area contributed by atoms with Crippen LogP contribution in [0.5, 0.6) is 5.75 Å². The number of hydrogen-bond donors (Lipinski definition) is 0. The minimum absolute atomic E-state index is 0.794. The van der Waals surface area contributed by atoms with E-state index in [-0.39, 0.29) is 0 Å². The summed E-state index contributed by atoms with van der Waals surface area (Å²) in [5.74, 6) is 2.64. The molecule has 0 saturated carbocycles. The molecule has 1 aromatic carbocycles. The van der Waals surface area contributed by atoms with Gasteiger partial charge in [0, 0.05) is 5.75 Å². The molecule has 0 N–H and O–H groups in total. The summed E-state index contributed by atoms with van der Waals surface area (Å²) in [7, 11) is 0. The van der Waals surface area contributed by atoms with Gasteiger partial charge in [-0.3, -0.25) is 0 Å². The predicted molar refractivity (Wildman–Crippen MR) is 55.4 cm³/mol. The molecule has 1 aliphatic rings. The van der Waals surface area contributed by atoms with Gasteiger partial charge in [0.1, 0.15) is 11.5 Å². The van der Waals surface area contributed by atoms with Gasteiger partial charge < -0.3 is 4.74 Å². The second-order valence-corrected chi connectivity index (χ2v) is 3.42. The number of para-hydroxylation sites is 1. The molecule has 2 heteroatoms. The zero-order valence-corrected chi connectivity index (χ0v) is 7.88. The summed E-state index contributed by atoms with van der Waals surface area (Å²) >= 11 is 1.62. The number of hydrogen-bond acceptors (Lipinski definition) is 2. The van der Waals surface area contributed by atoms with E-state index in [4.69, 9.17) is 4.74 Å². The van der Waals surface area contributed by atoms with Crippen molar-refractivity contribution in [3.05, 3.63) is 53.7 Å². The van der Waals surface area contributed by atoms with Crippen molar-refractivity contribution in [3.63, 3.8) is 0 Å². The van der Waals surface area contributed by atoms with Crippen molar-refractivity contribution in [2.45, 2.75) is 0 Å². The van der Waals surface area contributed by atoms with E-state index in [2.05, 4.69) is 11.5 Å². The summed E-state index contributed by atoms with van der Waals surface area (Å²) in [4.78, 5) is 0. The Morgan fingerprint density at radius 2 is 2.08 bits per heavy atom. The number of rotatable bonds is 2. The molecular formula is C11H9OS. The summed E-state index contributed by atoms with van der Waals surface area (Å²) in [6.07, 6.45) is 4.02. The zero-order chi connectivity index (χ0) is 8.93. The van der Waals surface area contributed by atoms with E-state index in [0.29, 0.717) is 0 Å². The molecule has 0 aromatic heterocycles. The van der Waals surface area contributed by atoms with Crippen molar-refractivity contribution in [1.29, 1.82) is 0 Å². The van der Waals surface area contributed by atoms with Crippen molar-refractivity contribution in [3.8, 4) is 5.75 Å². The van der Waals surface area contributed by atoms with Gasteiger partial charge in [-0.2, -0.15) is 0 Å². The Morgan fingerprint density at radius 1 is 1.23 bits per heavy atom. The van der Waals surface area contributed by atoms with Gasteiger partial charge in [-0.25, -0.2) is 0 Å². The summed E-state index contributed by atoms with van der Waals surface area (Å²) in [6.45, 7) is 0. The van der Waals surface area contributed by atoms with Crippen LogP contribution in [0.25, 0.3) is 0 Å². The number of thioether (sulfide) groups is 1. The Hall–Kier alpha value is -1.15. The number of ether oxygens (including phenoxy) is 1. The maximum absolute atomic E-state index is 5.55. The molecule has 0 bridgehead atoms. The van der Waals surface area contributed by atoms with Crippen LogP contribution in [0.2, 0.25) is 0 Å². The third kappa shape index (κ3) is 2.39. The maximum atomic E-state index is 5.55. The molecule has 13 heavy (non-hydrogen) atoms. The third-order valence-corrected chi connectivity index (χ3v) is 2.30. The maximum Gasteiger partial charge on any atom is 0.141 e. The molecule has 1 aliphatic heterocycles. The lowest BCUT2D eigenvalue weighted by molar-refractivity contribution is 0.443. The summed E-state index contributed by atoms with van der Waals surface area (Å²) in [5.41, 5.74) is 0. The lowest BCUT2D eigenvalue weighted by Crippen LogP contribution is -1.94. The highest BCUT2D eigenvalue weighted by Gasteiger charge is 1.99. The normalized spacial score (nSPS) is 15.2. The van der Waals surface area contributed by atoms with E-state index in [0.717, 1.165) is 17.3 Å². The molecular weight excluding hydrogens is 180 g/mol. The van der Waals surface area contributed by atoms with Gasteiger partial charge in [0.2, 0.25) is 0 Å². The van der Waals surface area contributed by atoms with E-state index in [1.165, 1.54) is 0 Å². The minimum Gasteiger partial charge on any atom is -0.456 e. The summed E-state index contributed by atoms with van der Waals surface area (Å²) < 4.78 is 5.55. The Bertz CT molecular complexity index is 327. The standard InChI is InChI=1S/C11H9OS/c1-2-5-10(6-3-1)12-11-7-4-8-13-9-11/h1-7H,8H2. The fourth-order valence-electron chi connectivity index (χ4n) is 1.02. The highest BCUT2D eigenvalue weighted by molar-refractivity contribution is 8.01. The van der Waals surface area contributed by atoms with Crippen molar-refractivity contribution >= 4 is 11.8 Å². The summed E-state index contributed by atoms with van der Waals surface area (Å²) in [5, 5.41) is 3.09. The quantitative estimate of drug-likeness (QED) is 0.707. The second kappa shape index (κ2) is 4.19. The van der Waals surface area contributed by atoms with Crippen LogP contribution in [0.15, 0.2) is 48.2 Å². The molecule has 65 valence electrons. The van der Waals surface area contributed by atoms with E-state index >= 15 is 0 Å². The van der Waals surface area contributed by atoms with Gasteiger partial charge in [0.15, 0.2) is 0 Å². The average molecular weight is 189 g/mol. The molecule has 1 aromatic rings. The molecule has 1 radical (unpaired) electrons. The SMILES string of the molecule is [C]1=C(Oc2ccccc2)C=CCS1. The van der Waals surface area contributed by atoms with Gasteiger partial charge >= 0.3 is 0 Å². The smallest absolute Gasteiger partial charge is 0.141 e. The van der Waals surface area contributed by atoms with Crippen LogP contribution < -0.4 is 4.74 Å². The molecule has 0 saturated heterocycles. The Kier molecular flexibility index (Phi) is 2.72. The highest BCUT2D eigenvalue weighted by Crippen LogP contribution is 2.18. The third-order valence-electron chi connectivity index (χ3n) is 1.59. The van der Waals surface area contributed by atoms with Gasteiger partial charge in [-0.15, -0.1) is 11.8 Å². The number of allylic oxidation sites excluding steroid dienone is 1. The van der Waals surface area contributed by atoms with Crippen LogP contribution in [0.3, 0.4) is 0 Å². The first-order valence-electron chi connectivity index (χ1n) is 4.09. The van der Waals surface area contributed by atoms with E-state index in [1.54, 1.807) is 11.8 Å². The van der Waals surface area contributed by atoms with Crippen LogP contribution in [0.4, 0.5) is 0 Å². The van der Waals surface area contributed by atoms with Crippen LogP contribution >= 0.6 is 11.8 Å². The number of benzene rings is 1. The van der Waals surface area contributed by atoms with Crippen LogP contribution in [0.1, 0.15) is 0 Å². The summed E-state index contributed by atoms with van der Waals surface area (Å²) in [6, 6.07) is 9.74. The lowest BCUT2D eigenvalue weighted by Gasteiger charge is -2.07. The Labute approximate surface area is 82.1 Å². The Morgan fingerprint density at radius 3 is 2.77 bits per heavy atom. The lowest BCUT2D eigenvalue weighted by atomic mass is 10.3. The largest absolute Gasteiger partial charge is 0.456 e. The fraction of sp³-hybridized carbons (Fsp3) is 0.0909. The van der Waals surface area contributed by atoms with Crippen LogP contribution in [0, 0.1) is 5.41 Å². The monoisotopic (exact) mass is 189 g/mol. The molecule has 0 atom stereocenters. The molecule has 0 spiro atoms. The first kappa shape index (κ1) is 8.45. The molecule has 0 aliphatic carbocycles. The molecule has 2 rings (SSSR count). The molecule has 0 amide bonds. The predicted octanol–water partition coefficient (Wildman–Crippen LogP) is 3.01. The fourth-order valence-corrected chi connectivity index (χ4v) is 1.55. The first-order valence-corrected chi connectivity index (χ1v) is 5.08. The Balaban J connectivity index is 2.06. The first-order chi connectivity index (χ1) is 6.45. The molecule has 0 unspecified atom stereocenters. The van der Waals surface area contributed by atoms with E-state index < -0.39 is 0 Å². The van der Waals surface area contributed by atoms with Gasteiger partial charge in [-0.1, -0.05) is 24.3 Å². The van der Waals surface area contributed by atoms with Gasteiger partial charge in [-0.05, 0) is 18.2 Å². The highest BCUT2D eigenvalue weighted by atomic mass is 32.2. The van der Waals surface area contributed by atoms with Gasteiger partial charge in [0.05, 0.1) is 5.41 Å². The average Bonchev–Trinajstić information content (AvgIpc) is 2.21. The van der Waals surface area contributed by atoms with Crippen LogP contribution in [-0.4, -0.2) is 5.75 Å². The second-order valence-electron chi connectivity index (χ2n) is 2.59. The topological polar surface area (TPSA) is 9.23 Å². The van der Waals surface area contributed by atoms with E-state index in [1.807, 2.05) is 36.4 Å². The van der Waals surface area contributed by atoms with Crippen molar-refractivity contribution in [2.24, 2.45) is 0 Å². The van der Waals surface area contributed by atoms with Crippen molar-refractivity contribution < 1.29 is 4.74 Å². The zero-order valence-electron chi connectivity index (χ0n) is 7.07. The van der Waals surface area contributed by atoms with Crippen LogP contribution in [-0.2, 0) is 0 Å². The van der Waals surface area contributed by atoms with Crippen molar-refractivity contribution in [2.75, 3.05) is 5.75 Å².